The Morgan fingerprint density at radius 2 is 1.77 bits per heavy atom. The van der Waals surface area contributed by atoms with E-state index in [2.05, 4.69) is 10.6 Å². The van der Waals surface area contributed by atoms with Crippen molar-refractivity contribution in [3.05, 3.63) is 60.4 Å². The van der Waals surface area contributed by atoms with Crippen molar-refractivity contribution < 1.29 is 4.74 Å². The first kappa shape index (κ1) is 14.6. The fourth-order valence-electron chi connectivity index (χ4n) is 2.63. The van der Waals surface area contributed by atoms with Gasteiger partial charge >= 0.3 is 0 Å². The molecule has 2 aromatic carbocycles. The standard InChI is InChI=1S/C18H21N3O/c19-12-13-21-17-10-5-4-9-16(17)20-18(21)11-6-14-22-15-7-2-1-3-8-15/h1-5,7-10H,6,11-14,19H2. The Morgan fingerprint density at radius 1 is 1.00 bits per heavy atom. The van der Waals surface area contributed by atoms with Crippen LogP contribution in [0.5, 0.6) is 5.75 Å². The quantitative estimate of drug-likeness (QED) is 0.682. The molecular weight excluding hydrogens is 274 g/mol. The third-order valence-corrected chi connectivity index (χ3v) is 3.64. The van der Waals surface area contributed by atoms with Crippen molar-refractivity contribution in [1.82, 2.24) is 9.55 Å². The van der Waals surface area contributed by atoms with Crippen LogP contribution in [0, 0.1) is 0 Å². The summed E-state index contributed by atoms with van der Waals surface area (Å²) in [5.74, 6) is 2.00. The Bertz CT molecular complexity index is 722. The zero-order valence-corrected chi connectivity index (χ0v) is 12.6. The van der Waals surface area contributed by atoms with E-state index in [1.54, 1.807) is 0 Å². The summed E-state index contributed by atoms with van der Waals surface area (Å²) in [4.78, 5) is 4.73. The molecule has 0 aliphatic carbocycles. The fraction of sp³-hybridized carbons (Fsp3) is 0.278. The summed E-state index contributed by atoms with van der Waals surface area (Å²) in [6.45, 7) is 2.11. The van der Waals surface area contributed by atoms with E-state index in [1.165, 1.54) is 0 Å². The molecule has 1 heterocycles. The van der Waals surface area contributed by atoms with Gasteiger partial charge in [0.1, 0.15) is 11.6 Å². The SMILES string of the molecule is NCCn1c(CCCOc2ccccc2)nc2ccccc21. The van der Waals surface area contributed by atoms with Gasteiger partial charge in [0.2, 0.25) is 0 Å². The molecule has 114 valence electrons. The van der Waals surface area contributed by atoms with E-state index >= 15 is 0 Å². The number of fused-ring (bicyclic) bond motifs is 1. The number of imidazole rings is 1. The van der Waals surface area contributed by atoms with Gasteiger partial charge in [0, 0.05) is 19.5 Å². The number of nitrogens with zero attached hydrogens (tertiary/aromatic N) is 2. The van der Waals surface area contributed by atoms with Gasteiger partial charge in [0.15, 0.2) is 0 Å². The van der Waals surface area contributed by atoms with Crippen LogP contribution in [-0.2, 0) is 13.0 Å². The van der Waals surface area contributed by atoms with E-state index in [0.29, 0.717) is 13.2 Å². The summed E-state index contributed by atoms with van der Waals surface area (Å²) in [7, 11) is 0. The van der Waals surface area contributed by atoms with E-state index in [0.717, 1.165) is 42.0 Å². The number of aryl methyl sites for hydroxylation is 1. The molecule has 0 saturated carbocycles. The molecule has 0 unspecified atom stereocenters. The van der Waals surface area contributed by atoms with Gasteiger partial charge in [-0.1, -0.05) is 30.3 Å². The first-order valence-electron chi connectivity index (χ1n) is 7.70. The molecule has 1 aromatic heterocycles. The number of hydrogen-bond acceptors (Lipinski definition) is 3. The molecule has 0 spiro atoms. The van der Waals surface area contributed by atoms with Gasteiger partial charge in [-0.15, -0.1) is 0 Å². The number of ether oxygens (including phenoxy) is 1. The molecule has 0 fully saturated rings. The summed E-state index contributed by atoms with van der Waals surface area (Å²) in [5, 5.41) is 0. The van der Waals surface area contributed by atoms with Gasteiger partial charge in [-0.2, -0.15) is 0 Å². The zero-order valence-electron chi connectivity index (χ0n) is 12.6. The highest BCUT2D eigenvalue weighted by Crippen LogP contribution is 2.17. The van der Waals surface area contributed by atoms with Crippen LogP contribution in [0.3, 0.4) is 0 Å². The van der Waals surface area contributed by atoms with Crippen LogP contribution in [0.15, 0.2) is 54.6 Å². The monoisotopic (exact) mass is 295 g/mol. The first-order valence-corrected chi connectivity index (χ1v) is 7.70. The average molecular weight is 295 g/mol. The predicted octanol–water partition coefficient (Wildman–Crippen LogP) is 3.01. The lowest BCUT2D eigenvalue weighted by Gasteiger charge is -2.08. The molecule has 0 amide bonds. The summed E-state index contributed by atoms with van der Waals surface area (Å²) in [6, 6.07) is 18.1. The number of rotatable bonds is 7. The summed E-state index contributed by atoms with van der Waals surface area (Å²) < 4.78 is 7.96. The Labute approximate surface area is 130 Å². The van der Waals surface area contributed by atoms with E-state index in [9.17, 15) is 0 Å². The minimum absolute atomic E-state index is 0.619. The van der Waals surface area contributed by atoms with Gasteiger partial charge in [-0.05, 0) is 30.7 Å². The third kappa shape index (κ3) is 3.28. The number of nitrogens with two attached hydrogens (primary N) is 1. The smallest absolute Gasteiger partial charge is 0.119 e. The van der Waals surface area contributed by atoms with Gasteiger partial charge in [0.05, 0.1) is 17.6 Å². The topological polar surface area (TPSA) is 53.1 Å². The Hall–Kier alpha value is -2.33. The van der Waals surface area contributed by atoms with Gasteiger partial charge in [0.25, 0.3) is 0 Å². The fourth-order valence-corrected chi connectivity index (χ4v) is 2.63. The molecule has 0 radical (unpaired) electrons. The van der Waals surface area contributed by atoms with Crippen LogP contribution in [0.4, 0.5) is 0 Å². The van der Waals surface area contributed by atoms with Crippen molar-refractivity contribution in [3.8, 4) is 5.75 Å². The molecule has 4 nitrogen and oxygen atoms in total. The Balaban J connectivity index is 1.64. The van der Waals surface area contributed by atoms with Crippen LogP contribution < -0.4 is 10.5 Å². The van der Waals surface area contributed by atoms with Crippen molar-refractivity contribution in [2.24, 2.45) is 5.73 Å². The maximum atomic E-state index is 5.74. The lowest BCUT2D eigenvalue weighted by atomic mass is 10.3. The highest BCUT2D eigenvalue weighted by Gasteiger charge is 2.09. The average Bonchev–Trinajstić information content (AvgIpc) is 2.91. The van der Waals surface area contributed by atoms with E-state index in [-0.39, 0.29) is 0 Å². The maximum absolute atomic E-state index is 5.74. The lowest BCUT2D eigenvalue weighted by Crippen LogP contribution is -2.13. The van der Waals surface area contributed by atoms with E-state index in [1.807, 2.05) is 48.5 Å². The van der Waals surface area contributed by atoms with Gasteiger partial charge in [-0.25, -0.2) is 4.98 Å². The second-order valence-corrected chi connectivity index (χ2v) is 5.22. The summed E-state index contributed by atoms with van der Waals surface area (Å²) >= 11 is 0. The molecule has 3 rings (SSSR count). The van der Waals surface area contributed by atoms with Crippen LogP contribution in [0.25, 0.3) is 11.0 Å². The maximum Gasteiger partial charge on any atom is 0.119 e. The zero-order chi connectivity index (χ0) is 15.2. The van der Waals surface area contributed by atoms with Crippen molar-refractivity contribution in [2.75, 3.05) is 13.2 Å². The predicted molar refractivity (Wildman–Crippen MR) is 89.0 cm³/mol. The Kier molecular flexibility index (Phi) is 4.71. The van der Waals surface area contributed by atoms with Crippen molar-refractivity contribution in [2.45, 2.75) is 19.4 Å². The molecule has 0 bridgehead atoms. The van der Waals surface area contributed by atoms with Crippen molar-refractivity contribution >= 4 is 11.0 Å². The lowest BCUT2D eigenvalue weighted by molar-refractivity contribution is 0.309. The highest BCUT2D eigenvalue weighted by molar-refractivity contribution is 5.75. The Morgan fingerprint density at radius 3 is 2.59 bits per heavy atom. The number of para-hydroxylation sites is 3. The summed E-state index contributed by atoms with van der Waals surface area (Å²) in [5.41, 5.74) is 7.93. The molecule has 4 heteroatoms. The molecule has 0 aliphatic heterocycles. The molecule has 0 saturated heterocycles. The second kappa shape index (κ2) is 7.09. The highest BCUT2D eigenvalue weighted by atomic mass is 16.5. The van der Waals surface area contributed by atoms with Crippen LogP contribution in [0.2, 0.25) is 0 Å². The minimum atomic E-state index is 0.619. The minimum Gasteiger partial charge on any atom is -0.494 e. The molecule has 3 aromatic rings. The van der Waals surface area contributed by atoms with Crippen molar-refractivity contribution in [1.29, 1.82) is 0 Å². The first-order chi connectivity index (χ1) is 10.9. The number of benzene rings is 2. The van der Waals surface area contributed by atoms with Gasteiger partial charge in [-0.3, -0.25) is 0 Å². The van der Waals surface area contributed by atoms with E-state index in [4.69, 9.17) is 15.5 Å². The normalized spacial score (nSPS) is 11.0. The summed E-state index contributed by atoms with van der Waals surface area (Å²) in [6.07, 6.45) is 1.82. The largest absolute Gasteiger partial charge is 0.494 e. The molecule has 22 heavy (non-hydrogen) atoms. The van der Waals surface area contributed by atoms with Crippen LogP contribution in [0.1, 0.15) is 12.2 Å². The van der Waals surface area contributed by atoms with E-state index < -0.39 is 0 Å². The van der Waals surface area contributed by atoms with Crippen LogP contribution in [-0.4, -0.2) is 22.7 Å². The van der Waals surface area contributed by atoms with Crippen LogP contribution >= 0.6 is 0 Å². The molecule has 2 N–H and O–H groups in total. The number of hydrogen-bond donors (Lipinski definition) is 1. The molecule has 0 atom stereocenters. The molecule has 0 aliphatic rings. The second-order valence-electron chi connectivity index (χ2n) is 5.22. The number of aromatic nitrogens is 2. The van der Waals surface area contributed by atoms with Gasteiger partial charge < -0.3 is 15.0 Å². The third-order valence-electron chi connectivity index (χ3n) is 3.64. The molecular formula is C18H21N3O. The van der Waals surface area contributed by atoms with Crippen molar-refractivity contribution in [3.63, 3.8) is 0 Å².